The molecular weight excluding hydrogens is 360 g/mol. The smallest absolute Gasteiger partial charge is 0.170 e. The summed E-state index contributed by atoms with van der Waals surface area (Å²) in [5.41, 5.74) is 5.01. The number of hydrogen-bond acceptors (Lipinski definition) is 1. The molecule has 0 fully saturated rings. The van der Waals surface area contributed by atoms with Crippen LogP contribution in [0.3, 0.4) is 0 Å². The number of nitrogens with one attached hydrogen (secondary N) is 2. The molecule has 28 heavy (non-hydrogen) atoms. The van der Waals surface area contributed by atoms with Crippen molar-refractivity contribution >= 4 is 23.0 Å². The highest BCUT2D eigenvalue weighted by molar-refractivity contribution is 7.80. The molecule has 0 amide bonds. The zero-order valence-electron chi connectivity index (χ0n) is 16.6. The summed E-state index contributed by atoms with van der Waals surface area (Å²) >= 11 is 5.48. The van der Waals surface area contributed by atoms with E-state index in [2.05, 4.69) is 109 Å². The largest absolute Gasteiger partial charge is 0.362 e. The van der Waals surface area contributed by atoms with Crippen LogP contribution in [-0.4, -0.2) is 11.7 Å². The number of hydrogen-bond donors (Lipinski definition) is 2. The topological polar surface area (TPSA) is 24.1 Å². The summed E-state index contributed by atoms with van der Waals surface area (Å²) in [6.07, 6.45) is 0.974. The first-order chi connectivity index (χ1) is 13.6. The normalized spacial score (nSPS) is 10.9. The molecule has 0 saturated heterocycles. The van der Waals surface area contributed by atoms with Gasteiger partial charge in [-0.15, -0.1) is 0 Å². The average molecular weight is 389 g/mol. The molecule has 0 aliphatic carbocycles. The van der Waals surface area contributed by atoms with Gasteiger partial charge in [-0.05, 0) is 53.4 Å². The van der Waals surface area contributed by atoms with Gasteiger partial charge in [0.1, 0.15) is 0 Å². The van der Waals surface area contributed by atoms with Crippen LogP contribution in [0.15, 0.2) is 84.9 Å². The van der Waals surface area contributed by atoms with Crippen LogP contribution in [0.1, 0.15) is 48.8 Å². The minimum atomic E-state index is 0.350. The van der Waals surface area contributed by atoms with Gasteiger partial charge >= 0.3 is 0 Å². The summed E-state index contributed by atoms with van der Waals surface area (Å²) in [7, 11) is 0. The third-order valence-electron chi connectivity index (χ3n) is 4.96. The van der Waals surface area contributed by atoms with Crippen molar-refractivity contribution in [2.45, 2.75) is 32.1 Å². The van der Waals surface area contributed by atoms with E-state index in [0.29, 0.717) is 16.9 Å². The van der Waals surface area contributed by atoms with Gasteiger partial charge in [-0.25, -0.2) is 0 Å². The SMILES string of the molecule is CC(C)c1ccc(NC(=S)NCCC(c2ccccc2)c2ccccc2)cc1. The van der Waals surface area contributed by atoms with Crippen LogP contribution >= 0.6 is 12.2 Å². The highest BCUT2D eigenvalue weighted by atomic mass is 32.1. The van der Waals surface area contributed by atoms with E-state index in [1.165, 1.54) is 16.7 Å². The fourth-order valence-corrected chi connectivity index (χ4v) is 3.57. The van der Waals surface area contributed by atoms with Crippen LogP contribution in [0.2, 0.25) is 0 Å². The number of rotatable bonds is 7. The van der Waals surface area contributed by atoms with Gasteiger partial charge in [-0.1, -0.05) is 86.6 Å². The predicted octanol–water partition coefficient (Wildman–Crippen LogP) is 6.32. The third-order valence-corrected chi connectivity index (χ3v) is 5.20. The van der Waals surface area contributed by atoms with E-state index >= 15 is 0 Å². The Morgan fingerprint density at radius 1 is 0.750 bits per heavy atom. The Kier molecular flexibility index (Phi) is 7.21. The van der Waals surface area contributed by atoms with Crippen molar-refractivity contribution < 1.29 is 0 Å². The van der Waals surface area contributed by atoms with Gasteiger partial charge in [0.25, 0.3) is 0 Å². The quantitative estimate of drug-likeness (QED) is 0.463. The fourth-order valence-electron chi connectivity index (χ4n) is 3.35. The second-order valence-electron chi connectivity index (χ2n) is 7.32. The van der Waals surface area contributed by atoms with Gasteiger partial charge in [0, 0.05) is 18.2 Å². The second kappa shape index (κ2) is 10.0. The minimum absolute atomic E-state index is 0.350. The average Bonchev–Trinajstić information content (AvgIpc) is 2.73. The lowest BCUT2D eigenvalue weighted by Crippen LogP contribution is -2.30. The summed E-state index contributed by atoms with van der Waals surface area (Å²) in [5.74, 6) is 0.884. The molecule has 0 unspecified atom stereocenters. The second-order valence-corrected chi connectivity index (χ2v) is 7.73. The molecule has 2 nitrogen and oxygen atoms in total. The monoisotopic (exact) mass is 388 g/mol. The Labute approximate surface area is 174 Å². The van der Waals surface area contributed by atoms with Gasteiger partial charge < -0.3 is 10.6 Å². The number of thiocarbonyl (C=S) groups is 1. The molecule has 144 valence electrons. The van der Waals surface area contributed by atoms with Crippen molar-refractivity contribution in [3.05, 3.63) is 102 Å². The minimum Gasteiger partial charge on any atom is -0.362 e. The van der Waals surface area contributed by atoms with Gasteiger partial charge in [-0.3, -0.25) is 0 Å². The molecular formula is C25H28N2S. The molecule has 0 bridgehead atoms. The lowest BCUT2D eigenvalue weighted by molar-refractivity contribution is 0.694. The first kappa shape index (κ1) is 20.1. The van der Waals surface area contributed by atoms with Crippen molar-refractivity contribution in [2.75, 3.05) is 11.9 Å². The Bertz CT molecular complexity index is 819. The maximum absolute atomic E-state index is 5.48. The Morgan fingerprint density at radius 2 is 1.29 bits per heavy atom. The molecule has 3 aromatic rings. The third kappa shape index (κ3) is 5.67. The molecule has 0 aliphatic heterocycles. The van der Waals surface area contributed by atoms with Gasteiger partial charge in [-0.2, -0.15) is 0 Å². The van der Waals surface area contributed by atoms with Crippen LogP contribution in [0, 0.1) is 0 Å². The van der Waals surface area contributed by atoms with E-state index in [1.54, 1.807) is 0 Å². The molecule has 0 radical (unpaired) electrons. The van der Waals surface area contributed by atoms with Crippen LogP contribution in [0.4, 0.5) is 5.69 Å². The van der Waals surface area contributed by atoms with Crippen molar-refractivity contribution in [1.82, 2.24) is 5.32 Å². The first-order valence-corrected chi connectivity index (χ1v) is 10.3. The lowest BCUT2D eigenvalue weighted by atomic mass is 9.88. The van der Waals surface area contributed by atoms with Crippen molar-refractivity contribution in [3.8, 4) is 0 Å². The summed E-state index contributed by atoms with van der Waals surface area (Å²) < 4.78 is 0. The highest BCUT2D eigenvalue weighted by Crippen LogP contribution is 2.27. The standard InChI is InChI=1S/C25H28N2S/c1-19(2)20-13-15-23(16-14-20)27-25(28)26-18-17-24(21-9-5-3-6-10-21)22-11-7-4-8-12-22/h3-16,19,24H,17-18H2,1-2H3,(H2,26,27,28). The number of anilines is 1. The molecule has 0 aliphatic rings. The Balaban J connectivity index is 1.57. The van der Waals surface area contributed by atoms with Crippen LogP contribution in [-0.2, 0) is 0 Å². The molecule has 2 N–H and O–H groups in total. The molecule has 0 saturated carbocycles. The predicted molar refractivity (Wildman–Crippen MR) is 124 cm³/mol. The molecule has 0 atom stereocenters. The Hall–Kier alpha value is -2.65. The van der Waals surface area contributed by atoms with Crippen LogP contribution in [0.25, 0.3) is 0 Å². The summed E-state index contributed by atoms with van der Waals surface area (Å²) in [4.78, 5) is 0. The van der Waals surface area contributed by atoms with Crippen molar-refractivity contribution in [2.24, 2.45) is 0 Å². The maximum Gasteiger partial charge on any atom is 0.170 e. The molecule has 0 heterocycles. The van der Waals surface area contributed by atoms with E-state index in [4.69, 9.17) is 12.2 Å². The zero-order valence-corrected chi connectivity index (χ0v) is 17.4. The van der Waals surface area contributed by atoms with Crippen molar-refractivity contribution in [3.63, 3.8) is 0 Å². The van der Waals surface area contributed by atoms with E-state index in [1.807, 2.05) is 0 Å². The highest BCUT2D eigenvalue weighted by Gasteiger charge is 2.13. The Morgan fingerprint density at radius 3 is 1.79 bits per heavy atom. The zero-order chi connectivity index (χ0) is 19.8. The number of benzene rings is 3. The fraction of sp³-hybridized carbons (Fsp3) is 0.240. The summed E-state index contributed by atoms with van der Waals surface area (Å²) in [5, 5.41) is 7.30. The first-order valence-electron chi connectivity index (χ1n) is 9.88. The van der Waals surface area contributed by atoms with Crippen LogP contribution in [0.5, 0.6) is 0 Å². The van der Waals surface area contributed by atoms with E-state index in [-0.39, 0.29) is 0 Å². The molecule has 0 aromatic heterocycles. The maximum atomic E-state index is 5.48. The molecule has 3 aromatic carbocycles. The van der Waals surface area contributed by atoms with E-state index in [0.717, 1.165) is 18.7 Å². The van der Waals surface area contributed by atoms with E-state index in [9.17, 15) is 0 Å². The molecule has 3 rings (SSSR count). The van der Waals surface area contributed by atoms with Gasteiger partial charge in [0.05, 0.1) is 0 Å². The van der Waals surface area contributed by atoms with Crippen LogP contribution < -0.4 is 10.6 Å². The van der Waals surface area contributed by atoms with Gasteiger partial charge in [0.15, 0.2) is 5.11 Å². The molecule has 0 spiro atoms. The van der Waals surface area contributed by atoms with E-state index < -0.39 is 0 Å². The molecule has 3 heteroatoms. The lowest BCUT2D eigenvalue weighted by Gasteiger charge is -2.19. The summed E-state index contributed by atoms with van der Waals surface area (Å²) in [6.45, 7) is 5.21. The van der Waals surface area contributed by atoms with Crippen molar-refractivity contribution in [1.29, 1.82) is 0 Å². The summed E-state index contributed by atoms with van der Waals surface area (Å²) in [6, 6.07) is 29.8. The van der Waals surface area contributed by atoms with Gasteiger partial charge in [0.2, 0.25) is 0 Å².